The van der Waals surface area contributed by atoms with E-state index in [0.717, 1.165) is 22.7 Å². The van der Waals surface area contributed by atoms with Gasteiger partial charge in [-0.05, 0) is 70.5 Å². The maximum absolute atomic E-state index is 14.0. The number of hydrogen-bond donors (Lipinski definition) is 2. The number of nitrogens with one attached hydrogen (secondary N) is 2. The van der Waals surface area contributed by atoms with E-state index in [2.05, 4.69) is 10.6 Å². The quantitative estimate of drug-likeness (QED) is 0.0695. The minimum absolute atomic E-state index is 0.0496. The van der Waals surface area contributed by atoms with Crippen LogP contribution in [-0.4, -0.2) is 48.3 Å². The summed E-state index contributed by atoms with van der Waals surface area (Å²) in [6.45, 7) is 5.77. The summed E-state index contributed by atoms with van der Waals surface area (Å²) < 4.78 is 10.4. The van der Waals surface area contributed by atoms with E-state index in [1.54, 1.807) is 38.1 Å². The van der Waals surface area contributed by atoms with Crippen molar-refractivity contribution in [3.63, 3.8) is 0 Å². The first kappa shape index (κ1) is 34.9. The fraction of sp³-hybridized carbons (Fsp3) is 0.257. The van der Waals surface area contributed by atoms with Gasteiger partial charge in [-0.15, -0.1) is 22.7 Å². The molecule has 0 saturated heterocycles. The average molecular weight is 675 g/mol. The van der Waals surface area contributed by atoms with Gasteiger partial charge in [0.05, 0.1) is 34.1 Å². The zero-order valence-electron chi connectivity index (χ0n) is 26.3. The topological polar surface area (TPSA) is 145 Å². The summed E-state index contributed by atoms with van der Waals surface area (Å²) in [5.41, 5.74) is 1.87. The number of ether oxygens (including phenoxy) is 2. The van der Waals surface area contributed by atoms with Crippen molar-refractivity contribution in [2.75, 3.05) is 23.8 Å². The lowest BCUT2D eigenvalue weighted by Crippen LogP contribution is -2.34. The molecular formula is C35H34N2O8S2. The van der Waals surface area contributed by atoms with Gasteiger partial charge in [0.2, 0.25) is 0 Å². The molecule has 0 aliphatic carbocycles. The van der Waals surface area contributed by atoms with E-state index in [0.29, 0.717) is 21.4 Å². The summed E-state index contributed by atoms with van der Waals surface area (Å²) in [6, 6.07) is 20.9. The third-order valence-corrected chi connectivity index (χ3v) is 9.15. The Morgan fingerprint density at radius 3 is 1.30 bits per heavy atom. The maximum Gasteiger partial charge on any atom is 0.316 e. The van der Waals surface area contributed by atoms with Crippen molar-refractivity contribution in [3.8, 4) is 0 Å². The van der Waals surface area contributed by atoms with Crippen molar-refractivity contribution in [2.45, 2.75) is 34.1 Å². The highest BCUT2D eigenvalue weighted by molar-refractivity contribution is 7.19. The molecule has 2 atom stereocenters. The van der Waals surface area contributed by atoms with Gasteiger partial charge in [0.15, 0.2) is 23.1 Å². The average Bonchev–Trinajstić information content (AvgIpc) is 3.67. The number of thiophene rings is 2. The predicted octanol–water partition coefficient (Wildman–Crippen LogP) is 7.52. The smallest absolute Gasteiger partial charge is 0.316 e. The largest absolute Gasteiger partial charge is 0.465 e. The predicted molar refractivity (Wildman–Crippen MR) is 182 cm³/mol. The molecule has 2 aromatic heterocycles. The van der Waals surface area contributed by atoms with E-state index in [1.165, 1.54) is 26.0 Å². The van der Waals surface area contributed by atoms with Crippen molar-refractivity contribution < 1.29 is 38.2 Å². The van der Waals surface area contributed by atoms with Crippen LogP contribution in [0.5, 0.6) is 0 Å². The summed E-state index contributed by atoms with van der Waals surface area (Å²) >= 11 is 1.96. The molecule has 0 aliphatic heterocycles. The van der Waals surface area contributed by atoms with Crippen LogP contribution in [-0.2, 0) is 19.1 Å². The molecule has 0 aliphatic rings. The number of ketones is 4. The Labute approximate surface area is 280 Å². The van der Waals surface area contributed by atoms with Crippen LogP contribution >= 0.6 is 22.7 Å². The standard InChI is InChI=1S/C35H34N2O8S2/c1-5-44-34(42)26(30(40)28-18-24(20(3)38)32(46-28)36-22-13-9-7-10-14-22)17-27(35(43)45-6-2)31(41)29-19-25(21(4)39)33(47-29)37-23-15-11-8-12-16-23/h7-16,18-19,26-27,36-37H,5-6,17H2,1-4H3. The molecule has 4 rings (SSSR count). The van der Waals surface area contributed by atoms with E-state index in [4.69, 9.17) is 9.47 Å². The van der Waals surface area contributed by atoms with Crippen molar-refractivity contribution in [3.05, 3.63) is 93.7 Å². The van der Waals surface area contributed by atoms with Gasteiger partial charge in [0.25, 0.3) is 0 Å². The number of benzene rings is 2. The van der Waals surface area contributed by atoms with Crippen molar-refractivity contribution in [2.24, 2.45) is 11.8 Å². The molecule has 4 aromatic rings. The molecule has 2 N–H and O–H groups in total. The van der Waals surface area contributed by atoms with E-state index in [9.17, 15) is 28.8 Å². The van der Waals surface area contributed by atoms with Crippen molar-refractivity contribution >= 4 is 79.1 Å². The zero-order chi connectivity index (χ0) is 34.1. The van der Waals surface area contributed by atoms with E-state index in [-0.39, 0.29) is 45.7 Å². The molecule has 244 valence electrons. The lowest BCUT2D eigenvalue weighted by molar-refractivity contribution is -0.149. The highest BCUT2D eigenvalue weighted by atomic mass is 32.1. The minimum Gasteiger partial charge on any atom is -0.465 e. The number of esters is 2. The first-order valence-corrected chi connectivity index (χ1v) is 16.5. The molecule has 2 unspecified atom stereocenters. The lowest BCUT2D eigenvalue weighted by Gasteiger charge is -2.19. The van der Waals surface area contributed by atoms with Crippen LogP contribution < -0.4 is 10.6 Å². The molecule has 47 heavy (non-hydrogen) atoms. The van der Waals surface area contributed by atoms with E-state index in [1.807, 2.05) is 36.4 Å². The van der Waals surface area contributed by atoms with Gasteiger partial charge in [-0.1, -0.05) is 36.4 Å². The van der Waals surface area contributed by atoms with E-state index < -0.39 is 41.8 Å². The normalized spacial score (nSPS) is 12.0. The second kappa shape index (κ2) is 16.1. The van der Waals surface area contributed by atoms with Crippen LogP contribution in [0.15, 0.2) is 72.8 Å². The Kier molecular flexibility index (Phi) is 11.9. The summed E-state index contributed by atoms with van der Waals surface area (Å²) in [4.78, 5) is 79.7. The monoisotopic (exact) mass is 674 g/mol. The van der Waals surface area contributed by atoms with Crippen LogP contribution in [0.4, 0.5) is 21.4 Å². The molecule has 12 heteroatoms. The molecule has 0 amide bonds. The molecule has 0 bridgehead atoms. The summed E-state index contributed by atoms with van der Waals surface area (Å²) in [7, 11) is 0. The summed E-state index contributed by atoms with van der Waals surface area (Å²) in [5.74, 6) is -6.98. The number of para-hydroxylation sites is 2. The third kappa shape index (κ3) is 8.66. The van der Waals surface area contributed by atoms with Gasteiger partial charge >= 0.3 is 11.9 Å². The van der Waals surface area contributed by atoms with Crippen LogP contribution in [0.2, 0.25) is 0 Å². The lowest BCUT2D eigenvalue weighted by atomic mass is 9.87. The fourth-order valence-electron chi connectivity index (χ4n) is 4.72. The molecule has 2 aromatic carbocycles. The number of hydrogen-bond acceptors (Lipinski definition) is 12. The van der Waals surface area contributed by atoms with Gasteiger partial charge in [-0.25, -0.2) is 0 Å². The fourth-order valence-corrected chi connectivity index (χ4v) is 6.97. The Bertz CT molecular complexity index is 1650. The highest BCUT2D eigenvalue weighted by Gasteiger charge is 2.40. The zero-order valence-corrected chi connectivity index (χ0v) is 27.9. The molecular weight excluding hydrogens is 641 g/mol. The number of rotatable bonds is 16. The van der Waals surface area contributed by atoms with Gasteiger partial charge in [0.1, 0.15) is 21.8 Å². The molecule has 0 fully saturated rings. The number of carbonyl (C=O) groups excluding carboxylic acids is 6. The van der Waals surface area contributed by atoms with Gasteiger partial charge in [-0.2, -0.15) is 0 Å². The second-order valence-corrected chi connectivity index (χ2v) is 12.5. The van der Waals surface area contributed by atoms with Crippen molar-refractivity contribution in [1.82, 2.24) is 0 Å². The van der Waals surface area contributed by atoms with Gasteiger partial charge in [0, 0.05) is 11.4 Å². The highest BCUT2D eigenvalue weighted by Crippen LogP contribution is 2.37. The molecule has 0 radical (unpaired) electrons. The van der Waals surface area contributed by atoms with Crippen molar-refractivity contribution in [1.29, 1.82) is 0 Å². The number of anilines is 4. The molecule has 0 spiro atoms. The Morgan fingerprint density at radius 2 is 0.979 bits per heavy atom. The van der Waals surface area contributed by atoms with Gasteiger partial charge in [-0.3, -0.25) is 28.8 Å². The number of carbonyl (C=O) groups is 6. The molecule has 10 nitrogen and oxygen atoms in total. The maximum atomic E-state index is 14.0. The third-order valence-electron chi connectivity index (χ3n) is 7.02. The SMILES string of the molecule is CCOC(=O)C(CC(C(=O)OCC)C(=O)c1cc(C(C)=O)c(Nc2ccccc2)s1)C(=O)c1cc(C(C)=O)c(Nc2ccccc2)s1. The molecule has 2 heterocycles. The molecule has 0 saturated carbocycles. The Morgan fingerprint density at radius 1 is 0.617 bits per heavy atom. The van der Waals surface area contributed by atoms with Crippen LogP contribution in [0, 0.1) is 11.8 Å². The Hall–Kier alpha value is -4.94. The number of Topliss-reactive ketones (excluding diaryl/α,β-unsaturated/α-hetero) is 4. The van der Waals surface area contributed by atoms with E-state index >= 15 is 0 Å². The second-order valence-electron chi connectivity index (χ2n) is 10.4. The first-order chi connectivity index (χ1) is 22.5. The summed E-state index contributed by atoms with van der Waals surface area (Å²) in [5, 5.41) is 7.09. The first-order valence-electron chi connectivity index (χ1n) is 14.9. The van der Waals surface area contributed by atoms with Crippen LogP contribution in [0.3, 0.4) is 0 Å². The van der Waals surface area contributed by atoms with Crippen LogP contribution in [0.25, 0.3) is 0 Å². The Balaban J connectivity index is 1.70. The van der Waals surface area contributed by atoms with Gasteiger partial charge < -0.3 is 20.1 Å². The minimum atomic E-state index is -1.56. The van der Waals surface area contributed by atoms with Crippen LogP contribution in [0.1, 0.15) is 74.2 Å². The summed E-state index contributed by atoms with van der Waals surface area (Å²) in [6.07, 6.45) is -0.543.